The molecular weight excluding hydrogens is 468 g/mol. The SMILES string of the molecule is COc1ccc([C@@H]2c3sc(=O)n(CC(=O)Nc4ccc(O)cc4)c3SC3C4CCC(C4)C32)cc1. The largest absolute Gasteiger partial charge is 0.508 e. The number of thioether (sulfide) groups is 1. The topological polar surface area (TPSA) is 80.6 Å². The van der Waals surface area contributed by atoms with Crippen LogP contribution in [0.5, 0.6) is 11.5 Å². The van der Waals surface area contributed by atoms with Crippen LogP contribution in [0.1, 0.15) is 35.6 Å². The summed E-state index contributed by atoms with van der Waals surface area (Å²) in [6, 6.07) is 14.6. The molecule has 2 saturated carbocycles. The maximum atomic E-state index is 13.1. The van der Waals surface area contributed by atoms with Gasteiger partial charge in [0.25, 0.3) is 0 Å². The molecule has 2 N–H and O–H groups in total. The summed E-state index contributed by atoms with van der Waals surface area (Å²) in [6.07, 6.45) is 3.81. The molecule has 6 rings (SSSR count). The van der Waals surface area contributed by atoms with E-state index in [0.717, 1.165) is 15.7 Å². The summed E-state index contributed by atoms with van der Waals surface area (Å²) in [5, 5.41) is 13.8. The normalized spacial score (nSPS) is 26.7. The fourth-order valence-corrected chi connectivity index (χ4v) is 9.31. The fraction of sp³-hybridized carbons (Fsp3) is 0.385. The zero-order valence-electron chi connectivity index (χ0n) is 18.8. The Morgan fingerprint density at radius 3 is 2.59 bits per heavy atom. The van der Waals surface area contributed by atoms with Crippen molar-refractivity contribution in [1.29, 1.82) is 0 Å². The minimum atomic E-state index is -0.245. The molecule has 34 heavy (non-hydrogen) atoms. The Hall–Kier alpha value is -2.71. The van der Waals surface area contributed by atoms with Gasteiger partial charge < -0.3 is 15.2 Å². The predicted octanol–water partition coefficient (Wildman–Crippen LogP) is 4.92. The highest BCUT2D eigenvalue weighted by Crippen LogP contribution is 2.64. The number of amides is 1. The van der Waals surface area contributed by atoms with Gasteiger partial charge in [0.15, 0.2) is 0 Å². The number of nitrogens with zero attached hydrogens (tertiary/aromatic N) is 1. The van der Waals surface area contributed by atoms with E-state index in [0.29, 0.717) is 28.7 Å². The summed E-state index contributed by atoms with van der Waals surface area (Å²) < 4.78 is 7.04. The second kappa shape index (κ2) is 8.50. The molecule has 8 heteroatoms. The Balaban J connectivity index is 1.35. The lowest BCUT2D eigenvalue weighted by molar-refractivity contribution is -0.116. The zero-order valence-corrected chi connectivity index (χ0v) is 20.4. The number of carbonyl (C=O) groups is 1. The summed E-state index contributed by atoms with van der Waals surface area (Å²) in [7, 11) is 1.67. The first-order valence-electron chi connectivity index (χ1n) is 11.6. The van der Waals surface area contributed by atoms with Crippen molar-refractivity contribution in [2.24, 2.45) is 17.8 Å². The number of phenolic OH excluding ortho intramolecular Hbond substituents is 1. The molecular formula is C26H26N2O4S2. The second-order valence-electron chi connectivity index (χ2n) is 9.46. The number of methoxy groups -OCH3 is 1. The molecule has 1 aromatic heterocycles. The third kappa shape index (κ3) is 3.64. The average molecular weight is 495 g/mol. The first kappa shape index (κ1) is 21.8. The smallest absolute Gasteiger partial charge is 0.308 e. The number of phenols is 1. The van der Waals surface area contributed by atoms with Crippen molar-refractivity contribution in [3.05, 3.63) is 68.6 Å². The van der Waals surface area contributed by atoms with Gasteiger partial charge in [-0.3, -0.25) is 14.2 Å². The highest BCUT2D eigenvalue weighted by atomic mass is 32.2. The van der Waals surface area contributed by atoms with Gasteiger partial charge in [0.1, 0.15) is 18.0 Å². The van der Waals surface area contributed by atoms with Crippen LogP contribution in [0.4, 0.5) is 5.69 Å². The average Bonchev–Trinajstić information content (AvgIpc) is 3.54. The Morgan fingerprint density at radius 1 is 1.12 bits per heavy atom. The van der Waals surface area contributed by atoms with E-state index >= 15 is 0 Å². The van der Waals surface area contributed by atoms with Gasteiger partial charge in [0.05, 0.1) is 12.1 Å². The zero-order chi connectivity index (χ0) is 23.4. The predicted molar refractivity (Wildman–Crippen MR) is 134 cm³/mol. The van der Waals surface area contributed by atoms with Crippen molar-refractivity contribution in [2.45, 2.75) is 42.0 Å². The molecule has 2 aliphatic carbocycles. The molecule has 0 radical (unpaired) electrons. The molecule has 176 valence electrons. The van der Waals surface area contributed by atoms with E-state index in [-0.39, 0.29) is 29.0 Å². The highest BCUT2D eigenvalue weighted by molar-refractivity contribution is 8.00. The van der Waals surface area contributed by atoms with Crippen molar-refractivity contribution < 1.29 is 14.6 Å². The molecule has 0 spiro atoms. The Bertz CT molecular complexity index is 1280. The van der Waals surface area contributed by atoms with Gasteiger partial charge in [-0.25, -0.2) is 0 Å². The van der Waals surface area contributed by atoms with Gasteiger partial charge in [0.2, 0.25) is 5.91 Å². The van der Waals surface area contributed by atoms with Crippen LogP contribution in [0.25, 0.3) is 0 Å². The summed E-state index contributed by atoms with van der Waals surface area (Å²) in [5.41, 5.74) is 1.82. The number of hydrogen-bond donors (Lipinski definition) is 2. The molecule has 6 nitrogen and oxygen atoms in total. The molecule has 1 aliphatic heterocycles. The third-order valence-electron chi connectivity index (χ3n) is 7.62. The molecule has 0 saturated heterocycles. The van der Waals surface area contributed by atoms with E-state index < -0.39 is 0 Å². The van der Waals surface area contributed by atoms with E-state index in [2.05, 4.69) is 17.4 Å². The van der Waals surface area contributed by atoms with Crippen molar-refractivity contribution in [1.82, 2.24) is 4.57 Å². The summed E-state index contributed by atoms with van der Waals surface area (Å²) in [6.45, 7) is -0.0145. The molecule has 2 bridgehead atoms. The van der Waals surface area contributed by atoms with Crippen molar-refractivity contribution in [3.8, 4) is 11.5 Å². The molecule has 3 aliphatic rings. The van der Waals surface area contributed by atoms with E-state index in [9.17, 15) is 14.7 Å². The first-order chi connectivity index (χ1) is 16.5. The Labute approximate surface area is 206 Å². The second-order valence-corrected chi connectivity index (χ2v) is 11.6. The van der Waals surface area contributed by atoms with Crippen LogP contribution in [0, 0.1) is 17.8 Å². The van der Waals surface area contributed by atoms with Crippen LogP contribution in [0.15, 0.2) is 58.4 Å². The lowest BCUT2D eigenvalue weighted by Gasteiger charge is -2.40. The van der Waals surface area contributed by atoms with E-state index in [1.54, 1.807) is 23.8 Å². The molecule has 2 heterocycles. The number of hydrogen-bond acceptors (Lipinski definition) is 6. The van der Waals surface area contributed by atoms with E-state index in [1.165, 1.54) is 48.3 Å². The molecule has 2 fully saturated rings. The number of carbonyl (C=O) groups excluding carboxylic acids is 1. The van der Waals surface area contributed by atoms with Gasteiger partial charge in [-0.15, -0.1) is 11.8 Å². The minimum absolute atomic E-state index is 0.0145. The Kier molecular flexibility index (Phi) is 5.45. The maximum absolute atomic E-state index is 13.1. The summed E-state index contributed by atoms with van der Waals surface area (Å²) in [4.78, 5) is 27.0. The van der Waals surface area contributed by atoms with Crippen LogP contribution >= 0.6 is 23.1 Å². The number of aromatic hydroxyl groups is 1. The number of ether oxygens (including phenoxy) is 1. The summed E-state index contributed by atoms with van der Waals surface area (Å²) in [5.74, 6) is 2.82. The van der Waals surface area contributed by atoms with E-state index in [4.69, 9.17) is 4.74 Å². The van der Waals surface area contributed by atoms with Crippen molar-refractivity contribution >= 4 is 34.7 Å². The van der Waals surface area contributed by atoms with Gasteiger partial charge in [-0.2, -0.15) is 0 Å². The minimum Gasteiger partial charge on any atom is -0.508 e. The summed E-state index contributed by atoms with van der Waals surface area (Å²) >= 11 is 3.13. The number of aromatic nitrogens is 1. The first-order valence-corrected chi connectivity index (χ1v) is 13.3. The number of anilines is 1. The van der Waals surface area contributed by atoms with Crippen molar-refractivity contribution in [3.63, 3.8) is 0 Å². The van der Waals surface area contributed by atoms with Gasteiger partial charge >= 0.3 is 4.87 Å². The van der Waals surface area contributed by atoms with Gasteiger partial charge in [-0.05, 0) is 79.0 Å². The standard InChI is InChI=1S/C26H26N2O4S2/c1-32-19-10-4-14(5-11-19)21-22-15-2-3-16(12-15)23(22)33-25-24(21)34-26(31)28(25)13-20(30)27-17-6-8-18(29)9-7-17/h4-11,15-16,21-23,29H,2-3,12-13H2,1H3,(H,27,30)/t15?,16?,21-,22?,23?/m0/s1. The van der Waals surface area contributed by atoms with Gasteiger partial charge in [-0.1, -0.05) is 23.5 Å². The Morgan fingerprint density at radius 2 is 1.85 bits per heavy atom. The monoisotopic (exact) mass is 494 g/mol. The lowest BCUT2D eigenvalue weighted by atomic mass is 9.75. The number of fused-ring (bicyclic) bond motifs is 6. The molecule has 5 atom stereocenters. The van der Waals surface area contributed by atoms with Crippen LogP contribution in [-0.4, -0.2) is 27.9 Å². The molecule has 4 unspecified atom stereocenters. The maximum Gasteiger partial charge on any atom is 0.308 e. The van der Waals surface area contributed by atoms with E-state index in [1.807, 2.05) is 23.9 Å². The quantitative estimate of drug-likeness (QED) is 0.493. The van der Waals surface area contributed by atoms with Crippen LogP contribution in [-0.2, 0) is 11.3 Å². The molecule has 2 aromatic carbocycles. The molecule has 1 amide bonds. The van der Waals surface area contributed by atoms with Crippen LogP contribution < -0.4 is 14.9 Å². The van der Waals surface area contributed by atoms with Crippen LogP contribution in [0.3, 0.4) is 0 Å². The fourth-order valence-electron chi connectivity index (χ4n) is 6.16. The van der Waals surface area contributed by atoms with Gasteiger partial charge in [0, 0.05) is 21.7 Å². The molecule has 3 aromatic rings. The highest BCUT2D eigenvalue weighted by Gasteiger charge is 2.55. The third-order valence-corrected chi connectivity index (χ3v) is 10.4. The number of benzene rings is 2. The number of nitrogens with one attached hydrogen (secondary N) is 1. The van der Waals surface area contributed by atoms with Crippen molar-refractivity contribution in [2.75, 3.05) is 12.4 Å². The lowest BCUT2D eigenvalue weighted by Crippen LogP contribution is -2.34. The number of thiazole rings is 1. The van der Waals surface area contributed by atoms with Crippen LogP contribution in [0.2, 0.25) is 0 Å². The number of rotatable bonds is 5.